The van der Waals surface area contributed by atoms with Gasteiger partial charge in [-0.3, -0.25) is 10.1 Å². The average molecular weight is 329 g/mol. The molecule has 0 heterocycles. The summed E-state index contributed by atoms with van der Waals surface area (Å²) in [5.74, 6) is 0.396. The van der Waals surface area contributed by atoms with Crippen molar-refractivity contribution in [1.82, 2.24) is 5.32 Å². The van der Waals surface area contributed by atoms with Crippen LogP contribution in [0, 0.1) is 17.0 Å². The molecular weight excluding hydrogens is 312 g/mol. The van der Waals surface area contributed by atoms with Crippen molar-refractivity contribution >= 4 is 21.6 Å². The third-order valence-corrected chi connectivity index (χ3v) is 3.75. The van der Waals surface area contributed by atoms with E-state index in [1.165, 1.54) is 6.07 Å². The van der Waals surface area contributed by atoms with Gasteiger partial charge in [0, 0.05) is 16.6 Å². The van der Waals surface area contributed by atoms with Gasteiger partial charge in [0.25, 0.3) is 0 Å². The summed E-state index contributed by atoms with van der Waals surface area (Å²) < 4.78 is 6.50. The Hall–Kier alpha value is -1.14. The second kappa shape index (κ2) is 5.88. The van der Waals surface area contributed by atoms with Crippen molar-refractivity contribution in [2.24, 2.45) is 0 Å². The first kappa shape index (κ1) is 14.3. The van der Waals surface area contributed by atoms with Gasteiger partial charge in [-0.25, -0.2) is 0 Å². The maximum Gasteiger partial charge on any atom is 0.312 e. The summed E-state index contributed by atoms with van der Waals surface area (Å²) in [5.41, 5.74) is 0.812. The molecule has 1 aliphatic carbocycles. The zero-order valence-corrected chi connectivity index (χ0v) is 12.6. The van der Waals surface area contributed by atoms with E-state index in [9.17, 15) is 10.1 Å². The highest BCUT2D eigenvalue weighted by atomic mass is 79.9. The standard InChI is InChI=1S/C13H17BrN2O3/c1-3-15-10-6-11(7-10)19-13-8(2)4-9(14)5-12(13)16(17)18/h4-5,10-11,15H,3,6-7H2,1-2H3. The minimum atomic E-state index is -0.395. The quantitative estimate of drug-likeness (QED) is 0.666. The Morgan fingerprint density at radius 1 is 1.53 bits per heavy atom. The minimum absolute atomic E-state index is 0.0266. The molecule has 2 rings (SSSR count). The lowest BCUT2D eigenvalue weighted by Gasteiger charge is -2.35. The van der Waals surface area contributed by atoms with Gasteiger partial charge in [-0.2, -0.15) is 0 Å². The average Bonchev–Trinajstić information content (AvgIpc) is 2.28. The molecule has 1 N–H and O–H groups in total. The molecule has 0 amide bonds. The minimum Gasteiger partial charge on any atom is -0.483 e. The van der Waals surface area contributed by atoms with E-state index in [-0.39, 0.29) is 11.8 Å². The van der Waals surface area contributed by atoms with Crippen molar-refractivity contribution in [2.45, 2.75) is 38.8 Å². The first-order valence-electron chi connectivity index (χ1n) is 6.35. The Bertz CT molecular complexity index is 487. The molecule has 0 aromatic heterocycles. The molecule has 1 aliphatic rings. The maximum atomic E-state index is 11.1. The normalized spacial score (nSPS) is 21.8. The van der Waals surface area contributed by atoms with Crippen molar-refractivity contribution < 1.29 is 9.66 Å². The number of halogens is 1. The van der Waals surface area contributed by atoms with E-state index < -0.39 is 4.92 Å². The zero-order chi connectivity index (χ0) is 14.0. The fraction of sp³-hybridized carbons (Fsp3) is 0.538. The molecular formula is C13H17BrN2O3. The molecule has 0 unspecified atom stereocenters. The second-order valence-electron chi connectivity index (χ2n) is 4.79. The van der Waals surface area contributed by atoms with Crippen molar-refractivity contribution in [2.75, 3.05) is 6.54 Å². The highest BCUT2D eigenvalue weighted by molar-refractivity contribution is 9.10. The lowest BCUT2D eigenvalue weighted by atomic mass is 9.89. The molecule has 0 bridgehead atoms. The fourth-order valence-electron chi connectivity index (χ4n) is 2.29. The number of nitro benzene ring substituents is 1. The Morgan fingerprint density at radius 2 is 2.21 bits per heavy atom. The number of nitro groups is 1. The highest BCUT2D eigenvalue weighted by Gasteiger charge is 2.32. The van der Waals surface area contributed by atoms with Crippen LogP contribution in [0.15, 0.2) is 16.6 Å². The van der Waals surface area contributed by atoms with E-state index in [0.29, 0.717) is 16.3 Å². The summed E-state index contributed by atoms with van der Waals surface area (Å²) in [6, 6.07) is 3.80. The smallest absolute Gasteiger partial charge is 0.312 e. The number of nitrogens with one attached hydrogen (secondary N) is 1. The first-order valence-corrected chi connectivity index (χ1v) is 7.15. The molecule has 0 radical (unpaired) electrons. The monoisotopic (exact) mass is 328 g/mol. The van der Waals surface area contributed by atoms with E-state index in [1.807, 2.05) is 13.0 Å². The number of benzene rings is 1. The maximum absolute atomic E-state index is 11.1. The molecule has 1 aromatic carbocycles. The molecule has 1 saturated carbocycles. The summed E-state index contributed by atoms with van der Waals surface area (Å²) in [6.45, 7) is 4.83. The van der Waals surface area contributed by atoms with Crippen LogP contribution in [0.1, 0.15) is 25.3 Å². The van der Waals surface area contributed by atoms with Gasteiger partial charge in [-0.15, -0.1) is 0 Å². The Kier molecular flexibility index (Phi) is 4.42. The molecule has 0 saturated heterocycles. The summed E-state index contributed by atoms with van der Waals surface area (Å²) in [6.07, 6.45) is 1.88. The van der Waals surface area contributed by atoms with Gasteiger partial charge in [-0.05, 0) is 37.9 Å². The van der Waals surface area contributed by atoms with Crippen LogP contribution in [-0.4, -0.2) is 23.6 Å². The van der Waals surface area contributed by atoms with Crippen molar-refractivity contribution in [3.63, 3.8) is 0 Å². The second-order valence-corrected chi connectivity index (χ2v) is 5.71. The number of hydrogen-bond acceptors (Lipinski definition) is 4. The van der Waals surface area contributed by atoms with Crippen molar-refractivity contribution in [3.05, 3.63) is 32.3 Å². The van der Waals surface area contributed by atoms with Crippen LogP contribution in [0.5, 0.6) is 5.75 Å². The van der Waals surface area contributed by atoms with Crippen LogP contribution >= 0.6 is 15.9 Å². The van der Waals surface area contributed by atoms with Crippen LogP contribution in [0.3, 0.4) is 0 Å². The van der Waals surface area contributed by atoms with Gasteiger partial charge in [0.1, 0.15) is 6.10 Å². The van der Waals surface area contributed by atoms with Gasteiger partial charge in [0.15, 0.2) is 5.75 Å². The molecule has 0 spiro atoms. The van der Waals surface area contributed by atoms with Crippen LogP contribution in [-0.2, 0) is 0 Å². The van der Waals surface area contributed by atoms with Crippen LogP contribution < -0.4 is 10.1 Å². The summed E-state index contributed by atoms with van der Waals surface area (Å²) in [7, 11) is 0. The van der Waals surface area contributed by atoms with Gasteiger partial charge < -0.3 is 10.1 Å². The molecule has 104 valence electrons. The van der Waals surface area contributed by atoms with E-state index in [2.05, 4.69) is 28.2 Å². The van der Waals surface area contributed by atoms with Crippen LogP contribution in [0.2, 0.25) is 0 Å². The van der Waals surface area contributed by atoms with Gasteiger partial charge in [-0.1, -0.05) is 22.9 Å². The van der Waals surface area contributed by atoms with E-state index in [4.69, 9.17) is 4.74 Å². The predicted molar refractivity (Wildman–Crippen MR) is 76.6 cm³/mol. The number of aryl methyl sites for hydroxylation is 1. The van der Waals surface area contributed by atoms with E-state index >= 15 is 0 Å². The number of rotatable bonds is 5. The SMILES string of the molecule is CCNC1CC(Oc2c(C)cc(Br)cc2[N+](=O)[O-])C1. The van der Waals surface area contributed by atoms with Crippen molar-refractivity contribution in [1.29, 1.82) is 0 Å². The molecule has 0 atom stereocenters. The topological polar surface area (TPSA) is 64.4 Å². The zero-order valence-electron chi connectivity index (χ0n) is 11.0. The molecule has 1 fully saturated rings. The van der Waals surface area contributed by atoms with Crippen LogP contribution in [0.25, 0.3) is 0 Å². The summed E-state index contributed by atoms with van der Waals surface area (Å²) in [4.78, 5) is 10.7. The van der Waals surface area contributed by atoms with Crippen molar-refractivity contribution in [3.8, 4) is 5.75 Å². The van der Waals surface area contributed by atoms with Gasteiger partial charge in [0.2, 0.25) is 0 Å². The number of nitrogens with zero attached hydrogens (tertiary/aromatic N) is 1. The number of hydrogen-bond donors (Lipinski definition) is 1. The molecule has 0 aliphatic heterocycles. The Labute approximate surface area is 120 Å². The summed E-state index contributed by atoms with van der Waals surface area (Å²) >= 11 is 3.27. The van der Waals surface area contributed by atoms with Gasteiger partial charge in [0.05, 0.1) is 4.92 Å². The number of ether oxygens (including phenoxy) is 1. The summed E-state index contributed by atoms with van der Waals surface area (Å²) in [5, 5.41) is 14.4. The van der Waals surface area contributed by atoms with Gasteiger partial charge >= 0.3 is 5.69 Å². The first-order chi connectivity index (χ1) is 9.01. The van der Waals surface area contributed by atoms with E-state index in [0.717, 1.165) is 24.9 Å². The lowest BCUT2D eigenvalue weighted by Crippen LogP contribution is -2.46. The Morgan fingerprint density at radius 3 is 2.79 bits per heavy atom. The third kappa shape index (κ3) is 3.25. The third-order valence-electron chi connectivity index (χ3n) is 3.29. The highest BCUT2D eigenvalue weighted by Crippen LogP contribution is 2.37. The predicted octanol–water partition coefficient (Wildman–Crippen LogP) is 3.19. The Balaban J connectivity index is 2.10. The molecule has 1 aromatic rings. The fourth-order valence-corrected chi connectivity index (χ4v) is 2.85. The van der Waals surface area contributed by atoms with E-state index in [1.54, 1.807) is 0 Å². The molecule has 5 nitrogen and oxygen atoms in total. The molecule has 6 heteroatoms. The largest absolute Gasteiger partial charge is 0.483 e. The molecule has 19 heavy (non-hydrogen) atoms. The lowest BCUT2D eigenvalue weighted by molar-refractivity contribution is -0.386. The van der Waals surface area contributed by atoms with Crippen LogP contribution in [0.4, 0.5) is 5.69 Å².